The number of fused-ring (bicyclic) bond motifs is 1. The van der Waals surface area contributed by atoms with Gasteiger partial charge in [-0.3, -0.25) is 14.4 Å². The van der Waals surface area contributed by atoms with E-state index in [0.717, 1.165) is 30.5 Å². The molecule has 0 unspecified atom stereocenters. The molecule has 0 aliphatic heterocycles. The van der Waals surface area contributed by atoms with Crippen LogP contribution in [0.25, 0.3) is 11.0 Å². The number of alkyl halides is 6. The Labute approximate surface area is 247 Å². The second-order valence-corrected chi connectivity index (χ2v) is 11.6. The number of carbonyl (C=O) groups excluding carboxylic acids is 1. The number of anilines is 2. The second-order valence-electron chi connectivity index (χ2n) is 11.6. The van der Waals surface area contributed by atoms with Crippen molar-refractivity contribution in [3.8, 4) is 0 Å². The maximum Gasteiger partial charge on any atom is 0.416 e. The van der Waals surface area contributed by atoms with Crippen LogP contribution in [0, 0.1) is 18.8 Å². The maximum atomic E-state index is 13.7. The number of amides is 1. The summed E-state index contributed by atoms with van der Waals surface area (Å²) in [6.07, 6.45) is -6.51. The van der Waals surface area contributed by atoms with E-state index in [9.17, 15) is 31.1 Å². The van der Waals surface area contributed by atoms with Crippen LogP contribution in [0.15, 0.2) is 24.3 Å². The van der Waals surface area contributed by atoms with Crippen molar-refractivity contribution >= 4 is 28.7 Å². The lowest BCUT2D eigenvalue weighted by Gasteiger charge is -2.28. The lowest BCUT2D eigenvalue weighted by Crippen LogP contribution is -2.36. The van der Waals surface area contributed by atoms with Gasteiger partial charge in [-0.25, -0.2) is 4.98 Å². The summed E-state index contributed by atoms with van der Waals surface area (Å²) in [5.41, 5.74) is -1.36. The third-order valence-corrected chi connectivity index (χ3v) is 7.80. The second kappa shape index (κ2) is 10.7. The molecule has 1 amide bonds. The van der Waals surface area contributed by atoms with E-state index in [1.165, 1.54) is 11.9 Å². The minimum atomic E-state index is -5.00. The number of aryl methyl sites for hydroxylation is 3. The van der Waals surface area contributed by atoms with Gasteiger partial charge in [0.1, 0.15) is 5.82 Å². The molecule has 16 heteroatoms. The van der Waals surface area contributed by atoms with Crippen molar-refractivity contribution in [2.45, 2.75) is 58.0 Å². The predicted molar refractivity (Wildman–Crippen MR) is 146 cm³/mol. The van der Waals surface area contributed by atoms with Crippen molar-refractivity contribution in [3.63, 3.8) is 0 Å². The van der Waals surface area contributed by atoms with Gasteiger partial charge in [-0.1, -0.05) is 5.10 Å². The SMILES string of the molecule is Cc1nn(C)c2nc(N(CC3CC3)C(=O)C3CC3)c(CN(Cc3cc(C(F)(F)F)cc(C(F)(F)F)c3)c3nnn(C)n3)cc12. The Morgan fingerprint density at radius 3 is 2.14 bits per heavy atom. The summed E-state index contributed by atoms with van der Waals surface area (Å²) in [6.45, 7) is 1.76. The molecule has 3 aromatic heterocycles. The number of rotatable bonds is 9. The van der Waals surface area contributed by atoms with Crippen LogP contribution in [0.1, 0.15) is 53.6 Å². The standard InChI is InChI=1S/C28H29F6N9O/c1-15-22-10-19(23(35-24(22)40(2)37-15)43(13-16-4-5-16)25(44)18-6-7-18)14-42(26-36-39-41(3)38-26)12-17-8-20(27(29,30)31)11-21(9-17)28(32,33)34/h8-11,16,18H,4-7,12-14H2,1-3H3. The molecular weight excluding hydrogens is 592 g/mol. The fraction of sp³-hybridized carbons (Fsp3) is 0.500. The Kier molecular flexibility index (Phi) is 7.27. The van der Waals surface area contributed by atoms with E-state index < -0.39 is 30.0 Å². The van der Waals surface area contributed by atoms with E-state index in [1.54, 1.807) is 23.6 Å². The average molecular weight is 622 g/mol. The molecule has 2 aliphatic rings. The molecule has 10 nitrogen and oxygen atoms in total. The van der Waals surface area contributed by atoms with Crippen molar-refractivity contribution in [1.82, 2.24) is 35.0 Å². The number of benzene rings is 1. The quantitative estimate of drug-likeness (QED) is 0.237. The first-order valence-corrected chi connectivity index (χ1v) is 14.1. The predicted octanol–water partition coefficient (Wildman–Crippen LogP) is 5.20. The van der Waals surface area contributed by atoms with E-state index >= 15 is 0 Å². The molecule has 0 spiro atoms. The monoisotopic (exact) mass is 621 g/mol. The molecular formula is C28H29F6N9O. The molecule has 0 atom stereocenters. The summed E-state index contributed by atoms with van der Waals surface area (Å²) in [7, 11) is 3.23. The number of nitrogens with zero attached hydrogens (tertiary/aromatic N) is 9. The fourth-order valence-corrected chi connectivity index (χ4v) is 5.25. The Morgan fingerprint density at radius 2 is 1.59 bits per heavy atom. The molecule has 3 heterocycles. The molecule has 1 aromatic carbocycles. The topological polar surface area (TPSA) is 97.9 Å². The molecule has 0 radical (unpaired) electrons. The van der Waals surface area contributed by atoms with E-state index in [0.29, 0.717) is 52.7 Å². The van der Waals surface area contributed by atoms with Gasteiger partial charge in [-0.05, 0) is 73.6 Å². The molecule has 4 aromatic rings. The van der Waals surface area contributed by atoms with Gasteiger partial charge in [0.15, 0.2) is 5.65 Å². The highest BCUT2D eigenvalue weighted by molar-refractivity contribution is 5.97. The van der Waals surface area contributed by atoms with Crippen molar-refractivity contribution < 1.29 is 31.1 Å². The lowest BCUT2D eigenvalue weighted by atomic mass is 10.0. The summed E-state index contributed by atoms with van der Waals surface area (Å²) < 4.78 is 83.6. The zero-order valence-corrected chi connectivity index (χ0v) is 24.1. The van der Waals surface area contributed by atoms with Gasteiger partial charge in [0, 0.05) is 37.0 Å². The van der Waals surface area contributed by atoms with Crippen LogP contribution in [-0.2, 0) is 44.3 Å². The van der Waals surface area contributed by atoms with Crippen LogP contribution in [0.5, 0.6) is 0 Å². The third-order valence-electron chi connectivity index (χ3n) is 7.80. The molecule has 0 saturated heterocycles. The molecule has 2 aliphatic carbocycles. The van der Waals surface area contributed by atoms with E-state index in [4.69, 9.17) is 4.98 Å². The minimum Gasteiger partial charge on any atom is -0.329 e. The van der Waals surface area contributed by atoms with Gasteiger partial charge in [0.25, 0.3) is 5.95 Å². The number of carbonyl (C=O) groups is 1. The van der Waals surface area contributed by atoms with Crippen molar-refractivity contribution in [1.29, 1.82) is 0 Å². The van der Waals surface area contributed by atoms with Crippen LogP contribution in [0.4, 0.5) is 38.1 Å². The Balaban J connectivity index is 1.46. The van der Waals surface area contributed by atoms with Gasteiger partial charge >= 0.3 is 12.4 Å². The Morgan fingerprint density at radius 1 is 0.932 bits per heavy atom. The summed E-state index contributed by atoms with van der Waals surface area (Å²) in [6, 6.07) is 3.27. The molecule has 0 N–H and O–H groups in total. The van der Waals surface area contributed by atoms with Gasteiger partial charge in [-0.15, -0.1) is 5.10 Å². The van der Waals surface area contributed by atoms with Crippen molar-refractivity contribution in [3.05, 3.63) is 52.2 Å². The Hall–Kier alpha value is -4.24. The van der Waals surface area contributed by atoms with Crippen LogP contribution in [0.2, 0.25) is 0 Å². The van der Waals surface area contributed by atoms with Crippen molar-refractivity contribution in [2.24, 2.45) is 25.9 Å². The number of aromatic nitrogens is 7. The Bertz CT molecular complexity index is 1690. The largest absolute Gasteiger partial charge is 0.416 e. The van der Waals surface area contributed by atoms with Crippen LogP contribution in [-0.4, -0.2) is 47.4 Å². The van der Waals surface area contributed by atoms with Gasteiger partial charge in [0.05, 0.1) is 30.4 Å². The van der Waals surface area contributed by atoms with Crippen LogP contribution < -0.4 is 9.80 Å². The summed E-state index contributed by atoms with van der Waals surface area (Å²) in [5, 5.41) is 17.2. The molecule has 2 saturated carbocycles. The van der Waals surface area contributed by atoms with Gasteiger partial charge in [0.2, 0.25) is 5.91 Å². The number of hydrogen-bond donors (Lipinski definition) is 0. The zero-order valence-electron chi connectivity index (χ0n) is 24.1. The molecule has 2 fully saturated rings. The first kappa shape index (κ1) is 29.8. The molecule has 44 heavy (non-hydrogen) atoms. The minimum absolute atomic E-state index is 0.0188. The highest BCUT2D eigenvalue weighted by Gasteiger charge is 2.39. The van der Waals surface area contributed by atoms with Crippen LogP contribution >= 0.6 is 0 Å². The smallest absolute Gasteiger partial charge is 0.329 e. The highest BCUT2D eigenvalue weighted by atomic mass is 19.4. The number of tetrazole rings is 1. The highest BCUT2D eigenvalue weighted by Crippen LogP contribution is 2.39. The molecule has 234 valence electrons. The normalized spacial score (nSPS) is 15.7. The average Bonchev–Trinajstić information content (AvgIpc) is 3.88. The number of halogens is 6. The van der Waals surface area contributed by atoms with Gasteiger partial charge in [-0.2, -0.15) is 36.2 Å². The maximum absolute atomic E-state index is 13.7. The lowest BCUT2D eigenvalue weighted by molar-refractivity contribution is -0.143. The zero-order chi connectivity index (χ0) is 31.6. The summed E-state index contributed by atoms with van der Waals surface area (Å²) in [5.74, 6) is 0.504. The summed E-state index contributed by atoms with van der Waals surface area (Å²) >= 11 is 0. The van der Waals surface area contributed by atoms with E-state index in [-0.39, 0.29) is 35.9 Å². The number of pyridine rings is 1. The molecule has 0 bridgehead atoms. The summed E-state index contributed by atoms with van der Waals surface area (Å²) in [4.78, 5) is 22.7. The van der Waals surface area contributed by atoms with E-state index in [1.807, 2.05) is 6.07 Å². The van der Waals surface area contributed by atoms with Gasteiger partial charge < -0.3 is 4.90 Å². The molecule has 6 rings (SSSR count). The van der Waals surface area contributed by atoms with Crippen molar-refractivity contribution in [2.75, 3.05) is 16.3 Å². The third kappa shape index (κ3) is 6.19. The van der Waals surface area contributed by atoms with Crippen LogP contribution in [0.3, 0.4) is 0 Å². The first-order chi connectivity index (χ1) is 20.7. The fourth-order valence-electron chi connectivity index (χ4n) is 5.25. The first-order valence-electron chi connectivity index (χ1n) is 14.1. The van der Waals surface area contributed by atoms with E-state index in [2.05, 4.69) is 20.5 Å². The number of hydrogen-bond acceptors (Lipinski definition) is 7.